The Morgan fingerprint density at radius 1 is 1.38 bits per heavy atom. The van der Waals surface area contributed by atoms with E-state index in [1.54, 1.807) is 0 Å². The number of alkyl halides is 3. The van der Waals surface area contributed by atoms with Crippen LogP contribution in [0, 0.1) is 0 Å². The van der Waals surface area contributed by atoms with Crippen molar-refractivity contribution in [2.75, 3.05) is 0 Å². The summed E-state index contributed by atoms with van der Waals surface area (Å²) in [4.78, 5) is 21.7. The molecule has 0 unspecified atom stereocenters. The second-order valence-corrected chi connectivity index (χ2v) is 3.50. The topological polar surface area (TPSA) is 34.1 Å². The molecule has 16 heavy (non-hydrogen) atoms. The van der Waals surface area contributed by atoms with Gasteiger partial charge in [0.05, 0.1) is 10.6 Å². The molecular formula is C10H6ClF3O2. The average Bonchev–Trinajstić information content (AvgIpc) is 2.14. The molecule has 6 heteroatoms. The molecule has 0 aliphatic heterocycles. The van der Waals surface area contributed by atoms with Crippen molar-refractivity contribution in [3.8, 4) is 0 Å². The molecule has 0 amide bonds. The van der Waals surface area contributed by atoms with Gasteiger partial charge in [-0.2, -0.15) is 13.2 Å². The second kappa shape index (κ2) is 4.25. The smallest absolute Gasteiger partial charge is 0.298 e. The SMILES string of the molecule is CC(=O)c1cc(C(F)(F)F)cc(Cl)c1C=O. The van der Waals surface area contributed by atoms with E-state index in [0.717, 1.165) is 6.92 Å². The Hall–Kier alpha value is -1.36. The van der Waals surface area contributed by atoms with E-state index in [1.165, 1.54) is 0 Å². The van der Waals surface area contributed by atoms with Gasteiger partial charge in [0.1, 0.15) is 0 Å². The lowest BCUT2D eigenvalue weighted by Crippen LogP contribution is -2.09. The first kappa shape index (κ1) is 12.7. The quantitative estimate of drug-likeness (QED) is 0.596. The Bertz CT molecular complexity index is 452. The molecule has 0 aromatic heterocycles. The van der Waals surface area contributed by atoms with E-state index in [-0.39, 0.29) is 22.4 Å². The van der Waals surface area contributed by atoms with Crippen molar-refractivity contribution in [1.29, 1.82) is 0 Å². The highest BCUT2D eigenvalue weighted by atomic mass is 35.5. The fourth-order valence-corrected chi connectivity index (χ4v) is 1.46. The first-order valence-electron chi connectivity index (χ1n) is 4.14. The number of benzene rings is 1. The summed E-state index contributed by atoms with van der Waals surface area (Å²) in [6, 6.07) is 1.25. The van der Waals surface area contributed by atoms with E-state index in [4.69, 9.17) is 11.6 Å². The van der Waals surface area contributed by atoms with Crippen LogP contribution in [0.4, 0.5) is 13.2 Å². The Kier molecular flexibility index (Phi) is 3.38. The van der Waals surface area contributed by atoms with Gasteiger partial charge in [-0.05, 0) is 19.1 Å². The highest BCUT2D eigenvalue weighted by Gasteiger charge is 2.32. The molecule has 0 aliphatic rings. The predicted octanol–water partition coefficient (Wildman–Crippen LogP) is 3.37. The molecule has 0 atom stereocenters. The molecule has 0 radical (unpaired) electrons. The summed E-state index contributed by atoms with van der Waals surface area (Å²) in [6.07, 6.45) is -4.34. The Labute approximate surface area is 94.0 Å². The van der Waals surface area contributed by atoms with Gasteiger partial charge in [-0.25, -0.2) is 0 Å². The van der Waals surface area contributed by atoms with Crippen molar-refractivity contribution in [2.24, 2.45) is 0 Å². The third-order valence-corrected chi connectivity index (χ3v) is 2.27. The van der Waals surface area contributed by atoms with Gasteiger partial charge in [0.25, 0.3) is 0 Å². The predicted molar refractivity (Wildman–Crippen MR) is 51.8 cm³/mol. The van der Waals surface area contributed by atoms with E-state index in [2.05, 4.69) is 0 Å². The molecule has 1 aromatic rings. The van der Waals surface area contributed by atoms with Gasteiger partial charge in [-0.15, -0.1) is 0 Å². The number of halogens is 4. The number of carbonyl (C=O) groups is 2. The van der Waals surface area contributed by atoms with Crippen LogP contribution in [0.15, 0.2) is 12.1 Å². The van der Waals surface area contributed by atoms with E-state index in [9.17, 15) is 22.8 Å². The zero-order valence-corrected chi connectivity index (χ0v) is 8.82. The zero-order valence-electron chi connectivity index (χ0n) is 8.06. The summed E-state index contributed by atoms with van der Waals surface area (Å²) in [5, 5.41) is -0.380. The molecule has 0 N–H and O–H groups in total. The average molecular weight is 251 g/mol. The summed E-state index contributed by atoms with van der Waals surface area (Å²) >= 11 is 5.50. The number of Topliss-reactive ketones (excluding diaryl/α,β-unsaturated/α-hetero) is 1. The molecule has 1 aromatic carbocycles. The second-order valence-electron chi connectivity index (χ2n) is 3.09. The summed E-state index contributed by atoms with van der Waals surface area (Å²) in [7, 11) is 0. The summed E-state index contributed by atoms with van der Waals surface area (Å²) in [5.74, 6) is -0.643. The normalized spacial score (nSPS) is 11.3. The maximum absolute atomic E-state index is 12.4. The molecule has 0 aliphatic carbocycles. The lowest BCUT2D eigenvalue weighted by atomic mass is 10.0. The highest BCUT2D eigenvalue weighted by molar-refractivity contribution is 6.33. The number of carbonyl (C=O) groups excluding carboxylic acids is 2. The fourth-order valence-electron chi connectivity index (χ4n) is 1.19. The van der Waals surface area contributed by atoms with Gasteiger partial charge in [0.15, 0.2) is 12.1 Å². The number of hydrogen-bond donors (Lipinski definition) is 0. The molecule has 1 rings (SSSR count). The third-order valence-electron chi connectivity index (χ3n) is 1.95. The highest BCUT2D eigenvalue weighted by Crippen LogP contribution is 2.33. The van der Waals surface area contributed by atoms with E-state index in [0.29, 0.717) is 12.1 Å². The molecular weight excluding hydrogens is 245 g/mol. The van der Waals surface area contributed by atoms with Crippen molar-refractivity contribution in [1.82, 2.24) is 0 Å². The molecule has 2 nitrogen and oxygen atoms in total. The molecule has 0 bridgehead atoms. The van der Waals surface area contributed by atoms with E-state index in [1.807, 2.05) is 0 Å². The van der Waals surface area contributed by atoms with Crippen LogP contribution in [0.3, 0.4) is 0 Å². The van der Waals surface area contributed by atoms with Crippen LogP contribution in [-0.2, 0) is 6.18 Å². The van der Waals surface area contributed by atoms with E-state index < -0.39 is 17.5 Å². The Morgan fingerprint density at radius 3 is 2.31 bits per heavy atom. The van der Waals surface area contributed by atoms with E-state index >= 15 is 0 Å². The minimum Gasteiger partial charge on any atom is -0.298 e. The van der Waals surface area contributed by atoms with Crippen molar-refractivity contribution in [3.63, 3.8) is 0 Å². The van der Waals surface area contributed by atoms with Crippen LogP contribution < -0.4 is 0 Å². The standard InChI is InChI=1S/C10H6ClF3O2/c1-5(16)7-2-6(10(12,13)14)3-9(11)8(7)4-15/h2-4H,1H3. The maximum atomic E-state index is 12.4. The van der Waals surface area contributed by atoms with Crippen LogP contribution in [0.1, 0.15) is 33.2 Å². The van der Waals surface area contributed by atoms with Gasteiger partial charge >= 0.3 is 6.18 Å². The first-order chi connectivity index (χ1) is 7.27. The van der Waals surface area contributed by atoms with Gasteiger partial charge in [-0.1, -0.05) is 11.6 Å². The number of rotatable bonds is 2. The third kappa shape index (κ3) is 2.41. The number of aldehydes is 1. The molecule has 0 saturated carbocycles. The molecule has 0 fully saturated rings. The summed E-state index contributed by atoms with van der Waals surface area (Å²) in [5.41, 5.74) is -1.59. The van der Waals surface area contributed by atoms with Crippen molar-refractivity contribution in [3.05, 3.63) is 33.8 Å². The van der Waals surface area contributed by atoms with Gasteiger partial charge < -0.3 is 0 Å². The minimum absolute atomic E-state index is 0.220. The molecule has 0 saturated heterocycles. The summed E-state index contributed by atoms with van der Waals surface area (Å²) < 4.78 is 37.2. The van der Waals surface area contributed by atoms with Gasteiger partial charge in [0.2, 0.25) is 0 Å². The minimum atomic E-state index is -4.60. The number of hydrogen-bond acceptors (Lipinski definition) is 2. The Balaban J connectivity index is 3.52. The van der Waals surface area contributed by atoms with Crippen LogP contribution in [-0.4, -0.2) is 12.1 Å². The molecule has 0 heterocycles. The fraction of sp³-hybridized carbons (Fsp3) is 0.200. The first-order valence-corrected chi connectivity index (χ1v) is 4.52. The Morgan fingerprint density at radius 2 is 1.94 bits per heavy atom. The largest absolute Gasteiger partial charge is 0.416 e. The van der Waals surface area contributed by atoms with Crippen molar-refractivity contribution >= 4 is 23.7 Å². The van der Waals surface area contributed by atoms with Crippen LogP contribution in [0.25, 0.3) is 0 Å². The van der Waals surface area contributed by atoms with Crippen molar-refractivity contribution < 1.29 is 22.8 Å². The zero-order chi connectivity index (χ0) is 12.5. The lowest BCUT2D eigenvalue weighted by Gasteiger charge is -2.10. The van der Waals surface area contributed by atoms with Crippen LogP contribution in [0.5, 0.6) is 0 Å². The summed E-state index contributed by atoms with van der Waals surface area (Å²) in [6.45, 7) is 1.07. The monoisotopic (exact) mass is 250 g/mol. The molecule has 0 spiro atoms. The maximum Gasteiger partial charge on any atom is 0.416 e. The molecule has 86 valence electrons. The van der Waals surface area contributed by atoms with Gasteiger partial charge in [0, 0.05) is 11.1 Å². The van der Waals surface area contributed by atoms with Crippen molar-refractivity contribution in [2.45, 2.75) is 13.1 Å². The van der Waals surface area contributed by atoms with Crippen LogP contribution in [0.2, 0.25) is 5.02 Å². The van der Waals surface area contributed by atoms with Gasteiger partial charge in [-0.3, -0.25) is 9.59 Å². The van der Waals surface area contributed by atoms with Crippen LogP contribution >= 0.6 is 11.6 Å². The number of ketones is 1. The lowest BCUT2D eigenvalue weighted by molar-refractivity contribution is -0.137.